The Morgan fingerprint density at radius 1 is 1.38 bits per heavy atom. The third-order valence-corrected chi connectivity index (χ3v) is 3.55. The highest BCUT2D eigenvalue weighted by atomic mass is 15.1. The van der Waals surface area contributed by atoms with Crippen LogP contribution in [0.15, 0.2) is 24.3 Å². The van der Waals surface area contributed by atoms with Gasteiger partial charge in [-0.15, -0.1) is 0 Å². The fourth-order valence-corrected chi connectivity index (χ4v) is 2.21. The van der Waals surface area contributed by atoms with E-state index in [0.717, 1.165) is 18.9 Å². The molecule has 0 spiro atoms. The van der Waals surface area contributed by atoms with Gasteiger partial charge in [0.25, 0.3) is 0 Å². The molecule has 1 unspecified atom stereocenters. The van der Waals surface area contributed by atoms with E-state index in [1.165, 1.54) is 24.1 Å². The third kappa shape index (κ3) is 2.76. The van der Waals surface area contributed by atoms with Gasteiger partial charge in [-0.05, 0) is 43.7 Å². The van der Waals surface area contributed by atoms with Crippen LogP contribution in [0.4, 0.5) is 5.69 Å². The Kier molecular flexibility index (Phi) is 3.49. The first-order valence-electron chi connectivity index (χ1n) is 6.21. The number of hydrogen-bond donors (Lipinski definition) is 1. The van der Waals surface area contributed by atoms with Crippen LogP contribution in [0.2, 0.25) is 0 Å². The molecule has 1 fully saturated rings. The van der Waals surface area contributed by atoms with Gasteiger partial charge >= 0.3 is 0 Å². The second kappa shape index (κ2) is 4.88. The second-order valence-electron chi connectivity index (χ2n) is 5.00. The average Bonchev–Trinajstić information content (AvgIpc) is 3.10. The number of benzene rings is 1. The molecule has 1 aromatic rings. The van der Waals surface area contributed by atoms with E-state index >= 15 is 0 Å². The van der Waals surface area contributed by atoms with Gasteiger partial charge in [0, 0.05) is 25.3 Å². The zero-order chi connectivity index (χ0) is 11.5. The molecular weight excluding hydrogens is 196 g/mol. The minimum Gasteiger partial charge on any atom is -0.374 e. The van der Waals surface area contributed by atoms with Crippen molar-refractivity contribution in [3.8, 4) is 0 Å². The Morgan fingerprint density at radius 2 is 2.06 bits per heavy atom. The molecule has 1 atom stereocenters. The topological polar surface area (TPSA) is 29.3 Å². The fraction of sp³-hybridized carbons (Fsp3) is 0.571. The summed E-state index contributed by atoms with van der Waals surface area (Å²) in [7, 11) is 2.15. The van der Waals surface area contributed by atoms with Crippen LogP contribution in [0.3, 0.4) is 0 Å². The van der Waals surface area contributed by atoms with E-state index in [4.69, 9.17) is 5.73 Å². The van der Waals surface area contributed by atoms with E-state index in [9.17, 15) is 0 Å². The zero-order valence-electron chi connectivity index (χ0n) is 10.3. The molecule has 1 aromatic carbocycles. The van der Waals surface area contributed by atoms with E-state index < -0.39 is 0 Å². The number of anilines is 1. The molecule has 2 nitrogen and oxygen atoms in total. The molecule has 2 rings (SSSR count). The van der Waals surface area contributed by atoms with Crippen LogP contribution < -0.4 is 10.6 Å². The number of nitrogens with zero attached hydrogens (tertiary/aromatic N) is 1. The standard InChI is InChI=1S/C14H22N2/c1-11-5-3-4-6-14(11)16(2)10-9-13(15)12-7-8-12/h3-6,12-13H,7-10,15H2,1-2H3. The molecule has 0 saturated heterocycles. The molecule has 2 heteroatoms. The lowest BCUT2D eigenvalue weighted by molar-refractivity contribution is 0.550. The number of aryl methyl sites for hydroxylation is 1. The number of rotatable bonds is 5. The molecule has 0 amide bonds. The summed E-state index contributed by atoms with van der Waals surface area (Å²) in [4.78, 5) is 2.32. The van der Waals surface area contributed by atoms with Crippen molar-refractivity contribution in [1.29, 1.82) is 0 Å². The fourth-order valence-electron chi connectivity index (χ4n) is 2.21. The quantitative estimate of drug-likeness (QED) is 0.823. The van der Waals surface area contributed by atoms with Gasteiger partial charge in [-0.3, -0.25) is 0 Å². The largest absolute Gasteiger partial charge is 0.374 e. The van der Waals surface area contributed by atoms with E-state index in [0.29, 0.717) is 6.04 Å². The van der Waals surface area contributed by atoms with Crippen LogP contribution in [0.1, 0.15) is 24.8 Å². The summed E-state index contributed by atoms with van der Waals surface area (Å²) in [5.74, 6) is 0.810. The Morgan fingerprint density at radius 3 is 2.69 bits per heavy atom. The van der Waals surface area contributed by atoms with E-state index in [1.54, 1.807) is 0 Å². The van der Waals surface area contributed by atoms with E-state index in [-0.39, 0.29) is 0 Å². The van der Waals surface area contributed by atoms with Crippen molar-refractivity contribution in [2.75, 3.05) is 18.5 Å². The van der Waals surface area contributed by atoms with Crippen LogP contribution in [-0.2, 0) is 0 Å². The van der Waals surface area contributed by atoms with Crippen molar-refractivity contribution in [2.24, 2.45) is 11.7 Å². The summed E-state index contributed by atoms with van der Waals surface area (Å²) in [6, 6.07) is 8.93. The van der Waals surface area contributed by atoms with Crippen molar-refractivity contribution in [3.05, 3.63) is 29.8 Å². The predicted octanol–water partition coefficient (Wildman–Crippen LogP) is 2.56. The minimum atomic E-state index is 0.409. The van der Waals surface area contributed by atoms with Gasteiger partial charge in [-0.2, -0.15) is 0 Å². The van der Waals surface area contributed by atoms with Crippen molar-refractivity contribution in [3.63, 3.8) is 0 Å². The van der Waals surface area contributed by atoms with Crippen molar-refractivity contribution in [2.45, 2.75) is 32.2 Å². The van der Waals surface area contributed by atoms with Gasteiger partial charge in [0.05, 0.1) is 0 Å². The Bertz CT molecular complexity index is 344. The van der Waals surface area contributed by atoms with E-state index in [2.05, 4.69) is 43.1 Å². The Balaban J connectivity index is 1.87. The maximum atomic E-state index is 6.12. The summed E-state index contributed by atoms with van der Waals surface area (Å²) in [5.41, 5.74) is 8.78. The summed E-state index contributed by atoms with van der Waals surface area (Å²) >= 11 is 0. The van der Waals surface area contributed by atoms with Crippen LogP contribution in [0.5, 0.6) is 0 Å². The van der Waals surface area contributed by atoms with Gasteiger partial charge in [-0.1, -0.05) is 18.2 Å². The van der Waals surface area contributed by atoms with Crippen LogP contribution >= 0.6 is 0 Å². The molecule has 16 heavy (non-hydrogen) atoms. The smallest absolute Gasteiger partial charge is 0.0393 e. The average molecular weight is 218 g/mol. The summed E-state index contributed by atoms with van der Waals surface area (Å²) in [5, 5.41) is 0. The minimum absolute atomic E-state index is 0.409. The number of nitrogens with two attached hydrogens (primary N) is 1. The highest BCUT2D eigenvalue weighted by Gasteiger charge is 2.28. The third-order valence-electron chi connectivity index (χ3n) is 3.55. The molecule has 0 radical (unpaired) electrons. The monoisotopic (exact) mass is 218 g/mol. The normalized spacial score (nSPS) is 17.2. The van der Waals surface area contributed by atoms with E-state index in [1.807, 2.05) is 0 Å². The molecule has 1 aliphatic rings. The Hall–Kier alpha value is -1.02. The molecular formula is C14H22N2. The van der Waals surface area contributed by atoms with Crippen molar-refractivity contribution in [1.82, 2.24) is 0 Å². The molecule has 0 aromatic heterocycles. The van der Waals surface area contributed by atoms with Crippen molar-refractivity contribution >= 4 is 5.69 Å². The highest BCUT2D eigenvalue weighted by molar-refractivity contribution is 5.52. The number of hydrogen-bond acceptors (Lipinski definition) is 2. The van der Waals surface area contributed by atoms with Gasteiger partial charge in [-0.25, -0.2) is 0 Å². The lowest BCUT2D eigenvalue weighted by Gasteiger charge is -2.23. The second-order valence-corrected chi connectivity index (χ2v) is 5.00. The molecule has 1 aliphatic carbocycles. The van der Waals surface area contributed by atoms with Crippen LogP contribution in [0, 0.1) is 12.8 Å². The van der Waals surface area contributed by atoms with Gasteiger partial charge < -0.3 is 10.6 Å². The molecule has 88 valence electrons. The lowest BCUT2D eigenvalue weighted by Crippen LogP contribution is -2.29. The number of para-hydroxylation sites is 1. The first kappa shape index (κ1) is 11.5. The van der Waals surface area contributed by atoms with Gasteiger partial charge in [0.2, 0.25) is 0 Å². The molecule has 0 aliphatic heterocycles. The lowest BCUT2D eigenvalue weighted by atomic mass is 10.1. The van der Waals surface area contributed by atoms with Crippen molar-refractivity contribution < 1.29 is 0 Å². The predicted molar refractivity (Wildman–Crippen MR) is 69.8 cm³/mol. The van der Waals surface area contributed by atoms with Crippen LogP contribution in [-0.4, -0.2) is 19.6 Å². The summed E-state index contributed by atoms with van der Waals surface area (Å²) < 4.78 is 0. The molecule has 2 N–H and O–H groups in total. The van der Waals surface area contributed by atoms with Gasteiger partial charge in [0.15, 0.2) is 0 Å². The SMILES string of the molecule is Cc1ccccc1N(C)CCC(N)C1CC1. The summed E-state index contributed by atoms with van der Waals surface area (Å²) in [6.07, 6.45) is 3.79. The maximum absolute atomic E-state index is 6.12. The van der Waals surface area contributed by atoms with Gasteiger partial charge in [0.1, 0.15) is 0 Å². The highest BCUT2D eigenvalue weighted by Crippen LogP contribution is 2.33. The zero-order valence-corrected chi connectivity index (χ0v) is 10.3. The summed E-state index contributed by atoms with van der Waals surface area (Å²) in [6.45, 7) is 3.22. The first-order valence-corrected chi connectivity index (χ1v) is 6.21. The molecule has 0 heterocycles. The maximum Gasteiger partial charge on any atom is 0.0393 e. The molecule has 1 saturated carbocycles. The molecule has 0 bridgehead atoms. The van der Waals surface area contributed by atoms with Crippen LogP contribution in [0.25, 0.3) is 0 Å². The first-order chi connectivity index (χ1) is 7.68. The Labute approximate surface area is 98.4 Å².